The van der Waals surface area contributed by atoms with Crippen molar-refractivity contribution in [3.05, 3.63) is 94.9 Å². The van der Waals surface area contributed by atoms with E-state index >= 15 is 0 Å². The summed E-state index contributed by atoms with van der Waals surface area (Å²) in [5.74, 6) is 1.23. The first-order valence-corrected chi connectivity index (χ1v) is 10.8. The maximum absolute atomic E-state index is 12.5. The topological polar surface area (TPSA) is 67.9 Å². The van der Waals surface area contributed by atoms with Gasteiger partial charge in [0, 0.05) is 34.0 Å². The maximum atomic E-state index is 12.5. The van der Waals surface area contributed by atoms with Gasteiger partial charge in [0.2, 0.25) is 0 Å². The highest BCUT2D eigenvalue weighted by Crippen LogP contribution is 2.26. The highest BCUT2D eigenvalue weighted by Gasteiger charge is 2.08. The average molecular weight is 426 g/mol. The van der Waals surface area contributed by atoms with Gasteiger partial charge in [-0.05, 0) is 47.2 Å². The molecule has 0 aliphatic carbocycles. The number of rotatable bonds is 5. The predicted molar refractivity (Wildman–Crippen MR) is 126 cm³/mol. The van der Waals surface area contributed by atoms with Crippen LogP contribution in [0.25, 0.3) is 32.9 Å². The first-order valence-electron chi connectivity index (χ1n) is 9.84. The van der Waals surface area contributed by atoms with Crippen molar-refractivity contribution < 1.29 is 4.74 Å². The van der Waals surface area contributed by atoms with Crippen LogP contribution >= 0.6 is 11.8 Å². The molecule has 0 saturated heterocycles. The molecule has 2 aromatic heterocycles. The number of benzene rings is 3. The number of H-pyrrole nitrogens is 1. The molecule has 0 aliphatic rings. The van der Waals surface area contributed by atoms with Gasteiger partial charge in [-0.1, -0.05) is 48.2 Å². The minimum Gasteiger partial charge on any atom is -0.497 e. The van der Waals surface area contributed by atoms with Gasteiger partial charge in [-0.3, -0.25) is 4.79 Å². The molecule has 5 nitrogen and oxygen atoms in total. The fraction of sp³-hybridized carbons (Fsp3) is 0.0800. The van der Waals surface area contributed by atoms with Crippen LogP contribution in [0.2, 0.25) is 0 Å². The lowest BCUT2D eigenvalue weighted by Gasteiger charge is -2.07. The molecule has 0 radical (unpaired) electrons. The number of methoxy groups -OCH3 is 1. The molecule has 6 heteroatoms. The van der Waals surface area contributed by atoms with Crippen LogP contribution in [0.5, 0.6) is 5.75 Å². The van der Waals surface area contributed by atoms with Crippen LogP contribution in [0.1, 0.15) is 5.56 Å². The zero-order valence-electron chi connectivity index (χ0n) is 16.8. The minimum absolute atomic E-state index is 0.101. The van der Waals surface area contributed by atoms with E-state index in [0.717, 1.165) is 27.9 Å². The molecule has 5 rings (SSSR count). The Morgan fingerprint density at radius 2 is 1.81 bits per heavy atom. The van der Waals surface area contributed by atoms with E-state index in [1.54, 1.807) is 13.3 Å². The summed E-state index contributed by atoms with van der Waals surface area (Å²) >= 11 is 1.45. The van der Waals surface area contributed by atoms with E-state index in [-0.39, 0.29) is 5.56 Å². The summed E-state index contributed by atoms with van der Waals surface area (Å²) in [6.07, 6.45) is 1.76. The molecular formula is C25H19N3O2S. The Labute approximate surface area is 183 Å². The summed E-state index contributed by atoms with van der Waals surface area (Å²) in [6, 6.07) is 24.0. The number of ether oxygens (including phenoxy) is 1. The Hall–Kier alpha value is -3.64. The third-order valence-corrected chi connectivity index (χ3v) is 6.07. The summed E-state index contributed by atoms with van der Waals surface area (Å²) in [4.78, 5) is 24.5. The van der Waals surface area contributed by atoms with Crippen molar-refractivity contribution in [2.24, 2.45) is 0 Å². The van der Waals surface area contributed by atoms with Crippen LogP contribution < -0.4 is 10.3 Å². The summed E-state index contributed by atoms with van der Waals surface area (Å²) in [5.41, 5.74) is 3.26. The Kier molecular flexibility index (Phi) is 5.14. The highest BCUT2D eigenvalue weighted by atomic mass is 32.2. The van der Waals surface area contributed by atoms with E-state index in [2.05, 4.69) is 40.3 Å². The lowest BCUT2D eigenvalue weighted by molar-refractivity contribution is 0.415. The van der Waals surface area contributed by atoms with Gasteiger partial charge in [0.15, 0.2) is 5.16 Å². The van der Waals surface area contributed by atoms with E-state index in [1.165, 1.54) is 22.5 Å². The van der Waals surface area contributed by atoms with Gasteiger partial charge < -0.3 is 9.72 Å². The van der Waals surface area contributed by atoms with Crippen molar-refractivity contribution in [1.29, 1.82) is 0 Å². The van der Waals surface area contributed by atoms with Crippen LogP contribution in [0.15, 0.2) is 88.9 Å². The van der Waals surface area contributed by atoms with E-state index in [9.17, 15) is 4.79 Å². The van der Waals surface area contributed by atoms with Crippen molar-refractivity contribution >= 4 is 33.4 Å². The second-order valence-electron chi connectivity index (χ2n) is 7.15. The molecular weight excluding hydrogens is 406 g/mol. The zero-order valence-corrected chi connectivity index (χ0v) is 17.6. The molecule has 0 saturated carbocycles. The van der Waals surface area contributed by atoms with E-state index in [1.807, 2.05) is 42.5 Å². The summed E-state index contributed by atoms with van der Waals surface area (Å²) < 4.78 is 5.29. The second kappa shape index (κ2) is 8.24. The van der Waals surface area contributed by atoms with Crippen molar-refractivity contribution in [3.8, 4) is 17.0 Å². The van der Waals surface area contributed by atoms with Gasteiger partial charge in [0.05, 0.1) is 12.8 Å². The number of aromatic nitrogens is 3. The van der Waals surface area contributed by atoms with Crippen LogP contribution in [0.3, 0.4) is 0 Å². The summed E-state index contributed by atoms with van der Waals surface area (Å²) in [6.45, 7) is 0. The molecule has 2 heterocycles. The predicted octanol–water partition coefficient (Wildman–Crippen LogP) is 5.44. The van der Waals surface area contributed by atoms with E-state index < -0.39 is 0 Å². The number of aromatic amines is 1. The standard InChI is InChI=1S/C25H19N3O2S/c1-30-21-8-9-22-19(14-21)13-20(24(29)27-22)15-31-25-26-11-10-23(28-25)18-7-6-16-4-2-3-5-17(16)12-18/h2-14H,15H2,1H3,(H,27,29). The Bertz CT molecular complexity index is 1460. The normalized spacial score (nSPS) is 11.1. The average Bonchev–Trinajstić information content (AvgIpc) is 2.82. The smallest absolute Gasteiger partial charge is 0.252 e. The SMILES string of the molecule is COc1ccc2[nH]c(=O)c(CSc3nccc(-c4ccc5ccccc5c4)n3)cc2c1. The third kappa shape index (κ3) is 4.02. The molecule has 1 N–H and O–H groups in total. The van der Waals surface area contributed by atoms with Gasteiger partial charge >= 0.3 is 0 Å². The van der Waals surface area contributed by atoms with Gasteiger partial charge in [0.25, 0.3) is 5.56 Å². The van der Waals surface area contributed by atoms with Crippen LogP contribution in [-0.4, -0.2) is 22.1 Å². The minimum atomic E-state index is -0.101. The molecule has 0 amide bonds. The number of pyridine rings is 1. The summed E-state index contributed by atoms with van der Waals surface area (Å²) in [5, 5.41) is 3.93. The lowest BCUT2D eigenvalue weighted by atomic mass is 10.1. The maximum Gasteiger partial charge on any atom is 0.252 e. The largest absolute Gasteiger partial charge is 0.497 e. The van der Waals surface area contributed by atoms with Crippen LogP contribution in [-0.2, 0) is 5.75 Å². The number of nitrogens with one attached hydrogen (secondary N) is 1. The Balaban J connectivity index is 1.40. The van der Waals surface area contributed by atoms with Gasteiger partial charge in [-0.25, -0.2) is 9.97 Å². The van der Waals surface area contributed by atoms with Crippen molar-refractivity contribution in [2.45, 2.75) is 10.9 Å². The fourth-order valence-electron chi connectivity index (χ4n) is 3.53. The molecule has 31 heavy (non-hydrogen) atoms. The molecule has 3 aromatic carbocycles. The number of hydrogen-bond donors (Lipinski definition) is 1. The third-order valence-electron chi connectivity index (χ3n) is 5.16. The van der Waals surface area contributed by atoms with E-state index in [4.69, 9.17) is 9.72 Å². The van der Waals surface area contributed by atoms with Gasteiger partial charge in [0.1, 0.15) is 5.75 Å². The van der Waals surface area contributed by atoms with Crippen molar-refractivity contribution in [2.75, 3.05) is 7.11 Å². The first-order chi connectivity index (χ1) is 15.2. The molecule has 0 spiro atoms. The molecule has 0 atom stereocenters. The monoisotopic (exact) mass is 425 g/mol. The molecule has 5 aromatic rings. The molecule has 152 valence electrons. The second-order valence-corrected chi connectivity index (χ2v) is 8.09. The quantitative estimate of drug-likeness (QED) is 0.300. The molecule has 0 unspecified atom stereocenters. The molecule has 0 fully saturated rings. The Morgan fingerprint density at radius 3 is 2.68 bits per heavy atom. The number of nitrogens with zero attached hydrogens (tertiary/aromatic N) is 2. The molecule has 0 aliphatic heterocycles. The number of hydrogen-bond acceptors (Lipinski definition) is 5. The lowest BCUT2D eigenvalue weighted by Crippen LogP contribution is -2.11. The van der Waals surface area contributed by atoms with Gasteiger partial charge in [-0.2, -0.15) is 0 Å². The fourth-order valence-corrected chi connectivity index (χ4v) is 4.32. The first kappa shape index (κ1) is 19.3. The number of fused-ring (bicyclic) bond motifs is 2. The Morgan fingerprint density at radius 1 is 0.935 bits per heavy atom. The van der Waals surface area contributed by atoms with Crippen LogP contribution in [0, 0.1) is 0 Å². The molecule has 0 bridgehead atoms. The summed E-state index contributed by atoms with van der Waals surface area (Å²) in [7, 11) is 1.63. The van der Waals surface area contributed by atoms with E-state index in [0.29, 0.717) is 16.5 Å². The van der Waals surface area contributed by atoms with Gasteiger partial charge in [-0.15, -0.1) is 0 Å². The highest BCUT2D eigenvalue weighted by molar-refractivity contribution is 7.98. The number of thioether (sulfide) groups is 1. The van der Waals surface area contributed by atoms with Crippen LogP contribution in [0.4, 0.5) is 0 Å². The van der Waals surface area contributed by atoms with Crippen molar-refractivity contribution in [1.82, 2.24) is 15.0 Å². The van der Waals surface area contributed by atoms with Crippen molar-refractivity contribution in [3.63, 3.8) is 0 Å². The zero-order chi connectivity index (χ0) is 21.2.